The third-order valence-electron chi connectivity index (χ3n) is 0. The fourth-order valence-corrected chi connectivity index (χ4v) is 0. The number of hydrogen-bond donors (Lipinski definition) is 0. The molecule has 0 aromatic heterocycles. The van der Waals surface area contributed by atoms with E-state index in [-0.39, 0.29) is 18.6 Å². The quantitative estimate of drug-likeness (QED) is 0.420. The summed E-state index contributed by atoms with van der Waals surface area (Å²) in [7, 11) is 0. The van der Waals surface area contributed by atoms with E-state index in [1.54, 1.807) is 0 Å². The second kappa shape index (κ2) is 17.2. The molecule has 0 aromatic carbocycles. The fourth-order valence-electron chi connectivity index (χ4n) is 0. The summed E-state index contributed by atoms with van der Waals surface area (Å²) in [5, 5.41) is 26.7. The molecule has 0 aromatic rings. The predicted molar refractivity (Wildman–Crippen MR) is 32.0 cm³/mol. The van der Waals surface area contributed by atoms with Crippen LogP contribution in [0.4, 0.5) is 0 Å². The molecule has 0 bridgehead atoms. The van der Waals surface area contributed by atoms with Crippen LogP contribution in [0.3, 0.4) is 0 Å². The molecular formula is C6H9O6V-3. The van der Waals surface area contributed by atoms with Crippen molar-refractivity contribution in [2.45, 2.75) is 20.8 Å². The molecule has 0 N–H and O–H groups in total. The van der Waals surface area contributed by atoms with Gasteiger partial charge in [-0.15, -0.1) is 0 Å². The number of carboxylic acids is 3. The topological polar surface area (TPSA) is 120 Å². The normalized spacial score (nSPS) is 5.77. The van der Waals surface area contributed by atoms with Gasteiger partial charge in [0.15, 0.2) is 0 Å². The maximum atomic E-state index is 8.89. The van der Waals surface area contributed by atoms with Crippen molar-refractivity contribution in [3.05, 3.63) is 0 Å². The smallest absolute Gasteiger partial charge is 0.0383 e. The van der Waals surface area contributed by atoms with E-state index in [4.69, 9.17) is 29.7 Å². The summed E-state index contributed by atoms with van der Waals surface area (Å²) in [6, 6.07) is 0. The van der Waals surface area contributed by atoms with Crippen molar-refractivity contribution in [3.8, 4) is 0 Å². The summed E-state index contributed by atoms with van der Waals surface area (Å²) in [5.41, 5.74) is 0. The van der Waals surface area contributed by atoms with Gasteiger partial charge < -0.3 is 29.7 Å². The maximum absolute atomic E-state index is 8.89. The van der Waals surface area contributed by atoms with Gasteiger partial charge in [0.25, 0.3) is 0 Å². The van der Waals surface area contributed by atoms with Crippen molar-refractivity contribution < 1.29 is 48.3 Å². The van der Waals surface area contributed by atoms with Crippen molar-refractivity contribution in [2.75, 3.05) is 0 Å². The van der Waals surface area contributed by atoms with E-state index < -0.39 is 17.9 Å². The van der Waals surface area contributed by atoms with Gasteiger partial charge in [0.1, 0.15) is 0 Å². The van der Waals surface area contributed by atoms with E-state index in [1.165, 1.54) is 0 Å². The zero-order chi connectivity index (χ0) is 10.7. The van der Waals surface area contributed by atoms with Gasteiger partial charge in [-0.1, -0.05) is 0 Å². The molecule has 0 atom stereocenters. The summed E-state index contributed by atoms with van der Waals surface area (Å²) in [6.07, 6.45) is 0. The van der Waals surface area contributed by atoms with Gasteiger partial charge >= 0.3 is 0 Å². The number of carboxylic acid groups (broad SMARTS) is 3. The van der Waals surface area contributed by atoms with Gasteiger partial charge in [0.05, 0.1) is 0 Å². The molecule has 0 aliphatic carbocycles. The number of aliphatic carboxylic acids is 3. The molecule has 0 aliphatic rings. The van der Waals surface area contributed by atoms with Crippen LogP contribution in [-0.2, 0) is 32.9 Å². The van der Waals surface area contributed by atoms with Crippen LogP contribution in [-0.4, -0.2) is 17.9 Å². The Balaban J connectivity index is -0.0000000450. The molecule has 0 heterocycles. The van der Waals surface area contributed by atoms with E-state index in [1.807, 2.05) is 0 Å². The first-order valence-electron chi connectivity index (χ1n) is 2.72. The Labute approximate surface area is 87.5 Å². The molecule has 0 rings (SSSR count). The van der Waals surface area contributed by atoms with Gasteiger partial charge in [-0.3, -0.25) is 0 Å². The van der Waals surface area contributed by atoms with E-state index in [0.29, 0.717) is 0 Å². The van der Waals surface area contributed by atoms with E-state index in [0.717, 1.165) is 20.8 Å². The fraction of sp³-hybridized carbons (Fsp3) is 0.500. The molecule has 0 fully saturated rings. The van der Waals surface area contributed by atoms with E-state index in [2.05, 4.69) is 0 Å². The van der Waals surface area contributed by atoms with Gasteiger partial charge in [-0.25, -0.2) is 0 Å². The first kappa shape index (κ1) is 22.7. The van der Waals surface area contributed by atoms with Crippen LogP contribution in [0.5, 0.6) is 0 Å². The Morgan fingerprint density at radius 1 is 0.692 bits per heavy atom. The average molecular weight is 228 g/mol. The first-order valence-corrected chi connectivity index (χ1v) is 2.72. The summed E-state index contributed by atoms with van der Waals surface area (Å²) in [4.78, 5) is 26.7. The molecule has 77 valence electrons. The molecule has 0 saturated carbocycles. The predicted octanol–water partition coefficient (Wildman–Crippen LogP) is -3.73. The number of rotatable bonds is 0. The van der Waals surface area contributed by atoms with E-state index >= 15 is 0 Å². The zero-order valence-corrected chi connectivity index (χ0v) is 8.79. The van der Waals surface area contributed by atoms with Gasteiger partial charge in [-0.05, 0) is 20.8 Å². The molecule has 0 aliphatic heterocycles. The molecule has 6 nitrogen and oxygen atoms in total. The molecular weight excluding hydrogens is 219 g/mol. The number of carbonyl (C=O) groups is 3. The van der Waals surface area contributed by atoms with Crippen molar-refractivity contribution in [3.63, 3.8) is 0 Å². The minimum absolute atomic E-state index is 0. The zero-order valence-electron chi connectivity index (χ0n) is 7.40. The van der Waals surface area contributed by atoms with Crippen molar-refractivity contribution in [1.82, 2.24) is 0 Å². The molecule has 13 heavy (non-hydrogen) atoms. The minimum atomic E-state index is -1.08. The van der Waals surface area contributed by atoms with Crippen molar-refractivity contribution in [1.29, 1.82) is 0 Å². The Hall–Kier alpha value is -1.01. The van der Waals surface area contributed by atoms with Gasteiger partial charge in [-0.2, -0.15) is 0 Å². The van der Waals surface area contributed by atoms with Gasteiger partial charge in [0.2, 0.25) is 0 Å². The van der Waals surface area contributed by atoms with Crippen LogP contribution >= 0.6 is 0 Å². The largest absolute Gasteiger partial charge is 0.550 e. The Morgan fingerprint density at radius 3 is 0.692 bits per heavy atom. The summed E-state index contributed by atoms with van der Waals surface area (Å²) in [6.45, 7) is 2.92. The number of carbonyl (C=O) groups excluding carboxylic acids is 3. The van der Waals surface area contributed by atoms with Crippen molar-refractivity contribution >= 4 is 17.9 Å². The second-order valence-corrected chi connectivity index (χ2v) is 1.47. The number of hydrogen-bond acceptors (Lipinski definition) is 6. The third-order valence-corrected chi connectivity index (χ3v) is 0. The van der Waals surface area contributed by atoms with Crippen LogP contribution in [0.15, 0.2) is 0 Å². The standard InChI is InChI=1S/3C2H4O2.V/c3*1-2(3)4;/h3*1H3,(H,3,4);/p-3. The Kier molecular flexibility index (Phi) is 30.0. The monoisotopic (exact) mass is 228 g/mol. The summed E-state index contributed by atoms with van der Waals surface area (Å²) in [5.74, 6) is -3.25. The SMILES string of the molecule is CC(=O)[O-].CC(=O)[O-].CC(=O)[O-].[V]. The average Bonchev–Trinajstić information content (AvgIpc) is 1.54. The van der Waals surface area contributed by atoms with Crippen LogP contribution in [0.25, 0.3) is 0 Å². The molecule has 1 radical (unpaired) electrons. The van der Waals surface area contributed by atoms with Gasteiger partial charge in [0, 0.05) is 36.5 Å². The minimum Gasteiger partial charge on any atom is -0.550 e. The third kappa shape index (κ3) is 880. The second-order valence-electron chi connectivity index (χ2n) is 1.47. The summed E-state index contributed by atoms with van der Waals surface area (Å²) < 4.78 is 0. The Morgan fingerprint density at radius 2 is 0.692 bits per heavy atom. The van der Waals surface area contributed by atoms with Crippen LogP contribution in [0, 0.1) is 0 Å². The van der Waals surface area contributed by atoms with Crippen LogP contribution in [0.2, 0.25) is 0 Å². The van der Waals surface area contributed by atoms with E-state index in [9.17, 15) is 0 Å². The maximum Gasteiger partial charge on any atom is 0.0383 e. The van der Waals surface area contributed by atoms with Crippen molar-refractivity contribution in [2.24, 2.45) is 0 Å². The van der Waals surface area contributed by atoms with Crippen LogP contribution < -0.4 is 15.3 Å². The Bertz CT molecular complexity index is 115. The molecule has 7 heteroatoms. The molecule has 0 amide bonds. The molecule has 0 spiro atoms. The van der Waals surface area contributed by atoms with Crippen LogP contribution in [0.1, 0.15) is 20.8 Å². The molecule has 0 saturated heterocycles. The first-order chi connectivity index (χ1) is 5.20. The molecule has 0 unspecified atom stereocenters. The summed E-state index contributed by atoms with van der Waals surface area (Å²) >= 11 is 0.